The molecule has 0 bridgehead atoms. The van der Waals surface area contributed by atoms with E-state index in [0.29, 0.717) is 11.7 Å². The first-order valence-corrected chi connectivity index (χ1v) is 7.93. The van der Waals surface area contributed by atoms with E-state index in [1.807, 2.05) is 18.5 Å². The standard InChI is InChI=1S/C17H17N5O/c1-17(2)14-13(15-19-16(23-21-15)10-7-8-10)18-9-22(14)12-6-4-3-5-11(12)20-17/h3-6,9-10,20H,7-8H2,1-2H3. The second-order valence-corrected chi connectivity index (χ2v) is 6.81. The van der Waals surface area contributed by atoms with Crippen LogP contribution in [0.5, 0.6) is 0 Å². The van der Waals surface area contributed by atoms with E-state index in [1.165, 1.54) is 0 Å². The fraction of sp³-hybridized carbons (Fsp3) is 0.353. The minimum Gasteiger partial charge on any atom is -0.373 e. The van der Waals surface area contributed by atoms with Gasteiger partial charge in [-0.3, -0.25) is 4.57 Å². The van der Waals surface area contributed by atoms with Crippen LogP contribution in [-0.2, 0) is 5.54 Å². The van der Waals surface area contributed by atoms with Crippen LogP contribution in [0, 0.1) is 0 Å². The molecular formula is C17H17N5O. The zero-order valence-corrected chi connectivity index (χ0v) is 13.1. The maximum absolute atomic E-state index is 5.41. The van der Waals surface area contributed by atoms with Gasteiger partial charge in [-0.15, -0.1) is 0 Å². The predicted octanol–water partition coefficient (Wildman–Crippen LogP) is 3.46. The summed E-state index contributed by atoms with van der Waals surface area (Å²) in [5.41, 5.74) is 3.75. The lowest BCUT2D eigenvalue weighted by Crippen LogP contribution is -2.35. The van der Waals surface area contributed by atoms with E-state index in [0.717, 1.165) is 41.5 Å². The van der Waals surface area contributed by atoms with Crippen LogP contribution >= 0.6 is 0 Å². The van der Waals surface area contributed by atoms with Crippen molar-refractivity contribution in [2.45, 2.75) is 38.1 Å². The van der Waals surface area contributed by atoms with Crippen molar-refractivity contribution in [1.29, 1.82) is 0 Å². The van der Waals surface area contributed by atoms with Gasteiger partial charge in [-0.05, 0) is 38.8 Å². The molecule has 1 saturated carbocycles. The number of nitrogens with one attached hydrogen (secondary N) is 1. The lowest BCUT2D eigenvalue weighted by molar-refractivity contribution is 0.380. The molecule has 1 aliphatic heterocycles. The third kappa shape index (κ3) is 1.84. The predicted molar refractivity (Wildman–Crippen MR) is 85.5 cm³/mol. The topological polar surface area (TPSA) is 68.8 Å². The Kier molecular flexibility index (Phi) is 2.36. The lowest BCUT2D eigenvalue weighted by Gasteiger charge is -2.35. The lowest BCUT2D eigenvalue weighted by atomic mass is 9.94. The van der Waals surface area contributed by atoms with E-state index in [1.54, 1.807) is 0 Å². The Hall–Kier alpha value is -2.63. The Balaban J connectivity index is 1.69. The summed E-state index contributed by atoms with van der Waals surface area (Å²) in [6.07, 6.45) is 4.13. The Morgan fingerprint density at radius 1 is 1.26 bits per heavy atom. The Labute approximate surface area is 133 Å². The molecular weight excluding hydrogens is 290 g/mol. The Bertz CT molecular complexity index is 903. The van der Waals surface area contributed by atoms with Gasteiger partial charge in [0.25, 0.3) is 0 Å². The van der Waals surface area contributed by atoms with Crippen LogP contribution in [0.2, 0.25) is 0 Å². The smallest absolute Gasteiger partial charge is 0.230 e. The maximum atomic E-state index is 5.41. The van der Waals surface area contributed by atoms with E-state index >= 15 is 0 Å². The van der Waals surface area contributed by atoms with Gasteiger partial charge in [0.05, 0.1) is 22.6 Å². The van der Waals surface area contributed by atoms with Crippen molar-refractivity contribution in [2.75, 3.05) is 5.32 Å². The van der Waals surface area contributed by atoms with Gasteiger partial charge in [-0.1, -0.05) is 17.3 Å². The summed E-state index contributed by atoms with van der Waals surface area (Å²) in [6.45, 7) is 4.28. The molecule has 5 rings (SSSR count). The third-order valence-electron chi connectivity index (χ3n) is 4.55. The van der Waals surface area contributed by atoms with Gasteiger partial charge in [-0.25, -0.2) is 4.98 Å². The molecule has 0 radical (unpaired) electrons. The van der Waals surface area contributed by atoms with E-state index in [2.05, 4.69) is 51.0 Å². The minimum absolute atomic E-state index is 0.277. The quantitative estimate of drug-likeness (QED) is 0.785. The number of hydrogen-bond acceptors (Lipinski definition) is 5. The first kappa shape index (κ1) is 12.9. The fourth-order valence-corrected chi connectivity index (χ4v) is 3.30. The summed E-state index contributed by atoms with van der Waals surface area (Å²) in [7, 11) is 0. The molecule has 6 heteroatoms. The molecule has 1 fully saturated rings. The number of aromatic nitrogens is 4. The summed E-state index contributed by atoms with van der Waals surface area (Å²) < 4.78 is 7.53. The number of para-hydroxylation sites is 2. The van der Waals surface area contributed by atoms with Crippen molar-refractivity contribution in [3.63, 3.8) is 0 Å². The summed E-state index contributed by atoms with van der Waals surface area (Å²) in [5, 5.41) is 7.74. The van der Waals surface area contributed by atoms with Gasteiger partial charge in [0.2, 0.25) is 11.7 Å². The normalized spacial score (nSPS) is 18.2. The molecule has 1 N–H and O–H groups in total. The molecule has 23 heavy (non-hydrogen) atoms. The molecule has 6 nitrogen and oxygen atoms in total. The van der Waals surface area contributed by atoms with E-state index in [9.17, 15) is 0 Å². The summed E-state index contributed by atoms with van der Waals surface area (Å²) >= 11 is 0. The van der Waals surface area contributed by atoms with Crippen LogP contribution in [0.15, 0.2) is 35.1 Å². The summed E-state index contributed by atoms with van der Waals surface area (Å²) in [6, 6.07) is 8.23. The number of nitrogens with zero attached hydrogens (tertiary/aromatic N) is 4. The zero-order chi connectivity index (χ0) is 15.6. The largest absolute Gasteiger partial charge is 0.373 e. The van der Waals surface area contributed by atoms with E-state index < -0.39 is 0 Å². The van der Waals surface area contributed by atoms with Gasteiger partial charge in [-0.2, -0.15) is 4.98 Å². The zero-order valence-electron chi connectivity index (χ0n) is 13.1. The maximum Gasteiger partial charge on any atom is 0.230 e. The summed E-state index contributed by atoms with van der Waals surface area (Å²) in [5.74, 6) is 1.76. The first-order chi connectivity index (χ1) is 11.1. The van der Waals surface area contributed by atoms with Crippen LogP contribution in [0.1, 0.15) is 44.2 Å². The van der Waals surface area contributed by atoms with Crippen LogP contribution in [-0.4, -0.2) is 19.7 Å². The second-order valence-electron chi connectivity index (χ2n) is 6.81. The molecule has 3 heterocycles. The van der Waals surface area contributed by atoms with Crippen LogP contribution in [0.3, 0.4) is 0 Å². The molecule has 0 saturated heterocycles. The molecule has 116 valence electrons. The van der Waals surface area contributed by atoms with E-state index in [4.69, 9.17) is 4.52 Å². The minimum atomic E-state index is -0.277. The van der Waals surface area contributed by atoms with Crippen molar-refractivity contribution in [1.82, 2.24) is 19.7 Å². The Morgan fingerprint density at radius 2 is 2.09 bits per heavy atom. The van der Waals surface area contributed by atoms with Gasteiger partial charge in [0.15, 0.2) is 0 Å². The van der Waals surface area contributed by atoms with Gasteiger partial charge in [0.1, 0.15) is 12.0 Å². The van der Waals surface area contributed by atoms with Crippen molar-refractivity contribution < 1.29 is 4.52 Å². The highest BCUT2D eigenvalue weighted by Crippen LogP contribution is 2.42. The number of rotatable bonds is 2. The number of fused-ring (bicyclic) bond motifs is 3. The fourth-order valence-electron chi connectivity index (χ4n) is 3.30. The molecule has 0 atom stereocenters. The molecule has 3 aromatic rings. The highest BCUT2D eigenvalue weighted by atomic mass is 16.5. The van der Waals surface area contributed by atoms with Gasteiger partial charge in [0, 0.05) is 5.92 Å². The number of anilines is 1. The van der Waals surface area contributed by atoms with Crippen molar-refractivity contribution in [2.24, 2.45) is 0 Å². The second kappa shape index (κ2) is 4.22. The van der Waals surface area contributed by atoms with E-state index in [-0.39, 0.29) is 5.54 Å². The molecule has 0 spiro atoms. The van der Waals surface area contributed by atoms with Gasteiger partial charge < -0.3 is 9.84 Å². The highest BCUT2D eigenvalue weighted by Gasteiger charge is 2.36. The van der Waals surface area contributed by atoms with Crippen LogP contribution in [0.25, 0.3) is 17.2 Å². The molecule has 0 amide bonds. The monoisotopic (exact) mass is 307 g/mol. The molecule has 1 aromatic carbocycles. The molecule has 1 aliphatic carbocycles. The van der Waals surface area contributed by atoms with Crippen LogP contribution < -0.4 is 5.32 Å². The molecule has 0 unspecified atom stereocenters. The molecule has 2 aliphatic rings. The first-order valence-electron chi connectivity index (χ1n) is 7.93. The number of benzene rings is 1. The third-order valence-corrected chi connectivity index (χ3v) is 4.55. The molecule has 2 aromatic heterocycles. The van der Waals surface area contributed by atoms with Crippen molar-refractivity contribution in [3.8, 4) is 17.2 Å². The average molecular weight is 307 g/mol. The van der Waals surface area contributed by atoms with Crippen molar-refractivity contribution >= 4 is 5.69 Å². The van der Waals surface area contributed by atoms with Crippen LogP contribution in [0.4, 0.5) is 5.69 Å². The number of hydrogen-bond donors (Lipinski definition) is 1. The van der Waals surface area contributed by atoms with Crippen molar-refractivity contribution in [3.05, 3.63) is 42.2 Å². The summed E-state index contributed by atoms with van der Waals surface area (Å²) in [4.78, 5) is 9.16. The Morgan fingerprint density at radius 3 is 2.91 bits per heavy atom. The van der Waals surface area contributed by atoms with Gasteiger partial charge >= 0.3 is 0 Å². The SMILES string of the molecule is CC1(C)Nc2ccccc2-n2cnc(-c3noc(C4CC4)n3)c21. The number of imidazole rings is 1. The highest BCUT2D eigenvalue weighted by molar-refractivity contribution is 5.70. The average Bonchev–Trinajstić information content (AvgIpc) is 3.09.